The van der Waals surface area contributed by atoms with E-state index < -0.39 is 0 Å². The smallest absolute Gasteiger partial charge is 0.0468 e. The number of rotatable bonds is 4. The van der Waals surface area contributed by atoms with Crippen LogP contribution in [0, 0.1) is 0 Å². The van der Waals surface area contributed by atoms with Gasteiger partial charge in [0.1, 0.15) is 0 Å². The van der Waals surface area contributed by atoms with Crippen molar-refractivity contribution in [3.63, 3.8) is 0 Å². The Bertz CT molecular complexity index is 652. The Labute approximate surface area is 136 Å². The predicted octanol–water partition coefficient (Wildman–Crippen LogP) is 4.99. The average molecular weight is 320 g/mol. The molecule has 1 aliphatic carbocycles. The molecular weight excluding hydrogens is 301 g/mol. The molecule has 1 aliphatic rings. The van der Waals surface area contributed by atoms with Crippen LogP contribution in [-0.2, 0) is 19.3 Å². The fourth-order valence-corrected chi connectivity index (χ4v) is 3.68. The van der Waals surface area contributed by atoms with Gasteiger partial charge in [0.15, 0.2) is 0 Å². The van der Waals surface area contributed by atoms with Gasteiger partial charge in [-0.25, -0.2) is 0 Å². The van der Waals surface area contributed by atoms with Crippen molar-refractivity contribution in [2.24, 2.45) is 0 Å². The minimum atomic E-state index is 0.203. The van der Waals surface area contributed by atoms with Gasteiger partial charge in [0.05, 0.1) is 0 Å². The van der Waals surface area contributed by atoms with Gasteiger partial charge in [-0.3, -0.25) is 0 Å². The summed E-state index contributed by atoms with van der Waals surface area (Å²) in [6.45, 7) is 0. The van der Waals surface area contributed by atoms with Crippen LogP contribution in [0.3, 0.4) is 0 Å². The van der Waals surface area contributed by atoms with Crippen molar-refractivity contribution in [1.29, 1.82) is 0 Å². The van der Waals surface area contributed by atoms with Gasteiger partial charge in [-0.05, 0) is 67.1 Å². The first-order valence-electron chi connectivity index (χ1n) is 7.40. The summed E-state index contributed by atoms with van der Waals surface area (Å²) in [7, 11) is 1.98. The summed E-state index contributed by atoms with van der Waals surface area (Å²) >= 11 is 12.3. The number of nitrogens with one attached hydrogen (secondary N) is 1. The van der Waals surface area contributed by atoms with E-state index in [1.54, 1.807) is 0 Å². The van der Waals surface area contributed by atoms with Crippen LogP contribution in [0.5, 0.6) is 0 Å². The molecule has 3 rings (SSSR count). The Morgan fingerprint density at radius 3 is 2.62 bits per heavy atom. The van der Waals surface area contributed by atoms with Crippen LogP contribution in [0.15, 0.2) is 36.4 Å². The van der Waals surface area contributed by atoms with Gasteiger partial charge >= 0.3 is 0 Å². The van der Waals surface area contributed by atoms with Gasteiger partial charge in [0.2, 0.25) is 0 Å². The molecule has 110 valence electrons. The molecule has 0 bridgehead atoms. The van der Waals surface area contributed by atoms with E-state index in [4.69, 9.17) is 23.2 Å². The molecule has 1 unspecified atom stereocenters. The van der Waals surface area contributed by atoms with Crippen molar-refractivity contribution in [2.45, 2.75) is 31.7 Å². The second kappa shape index (κ2) is 6.39. The lowest BCUT2D eigenvalue weighted by atomic mass is 9.96. The largest absolute Gasteiger partial charge is 0.313 e. The van der Waals surface area contributed by atoms with Gasteiger partial charge in [-0.1, -0.05) is 47.5 Å². The standard InChI is InChI=1S/C18H19Cl2N/c1-21-18(16-8-7-15(19)11-17(16)20)10-12-5-6-13-3-2-4-14(13)9-12/h5-9,11,18,21H,2-4,10H2,1H3. The minimum Gasteiger partial charge on any atom is -0.313 e. The number of aryl methyl sites for hydroxylation is 2. The highest BCUT2D eigenvalue weighted by molar-refractivity contribution is 6.35. The maximum absolute atomic E-state index is 6.34. The van der Waals surface area contributed by atoms with Crippen molar-refractivity contribution in [3.05, 3.63) is 68.7 Å². The molecule has 3 heteroatoms. The van der Waals surface area contributed by atoms with E-state index in [0.717, 1.165) is 17.0 Å². The SMILES string of the molecule is CNC(Cc1ccc2c(c1)CCC2)c1ccc(Cl)cc1Cl. The fraction of sp³-hybridized carbons (Fsp3) is 0.333. The molecule has 0 saturated carbocycles. The Hall–Kier alpha value is -1.02. The molecule has 0 aromatic heterocycles. The van der Waals surface area contributed by atoms with E-state index in [9.17, 15) is 0 Å². The lowest BCUT2D eigenvalue weighted by molar-refractivity contribution is 0.592. The molecule has 0 radical (unpaired) electrons. The van der Waals surface area contributed by atoms with Crippen molar-refractivity contribution in [3.8, 4) is 0 Å². The van der Waals surface area contributed by atoms with E-state index >= 15 is 0 Å². The van der Waals surface area contributed by atoms with Gasteiger partial charge in [0, 0.05) is 16.1 Å². The van der Waals surface area contributed by atoms with E-state index in [-0.39, 0.29) is 6.04 Å². The third kappa shape index (κ3) is 3.26. The fourth-order valence-electron chi connectivity index (χ4n) is 3.14. The monoisotopic (exact) mass is 319 g/mol. The zero-order valence-corrected chi connectivity index (χ0v) is 13.6. The topological polar surface area (TPSA) is 12.0 Å². The van der Waals surface area contributed by atoms with E-state index in [0.29, 0.717) is 5.02 Å². The molecule has 0 aliphatic heterocycles. The van der Waals surface area contributed by atoms with Crippen LogP contribution in [0.2, 0.25) is 10.0 Å². The number of hydrogen-bond acceptors (Lipinski definition) is 1. The quantitative estimate of drug-likeness (QED) is 0.837. The molecule has 1 N–H and O–H groups in total. The minimum absolute atomic E-state index is 0.203. The highest BCUT2D eigenvalue weighted by Gasteiger charge is 2.16. The predicted molar refractivity (Wildman–Crippen MR) is 90.4 cm³/mol. The van der Waals surface area contributed by atoms with Crippen LogP contribution in [-0.4, -0.2) is 7.05 Å². The first-order valence-corrected chi connectivity index (χ1v) is 8.16. The van der Waals surface area contributed by atoms with Crippen molar-refractivity contribution in [1.82, 2.24) is 5.32 Å². The van der Waals surface area contributed by atoms with Crippen LogP contribution in [0.25, 0.3) is 0 Å². The van der Waals surface area contributed by atoms with Crippen molar-refractivity contribution < 1.29 is 0 Å². The summed E-state index contributed by atoms with van der Waals surface area (Å²) in [5.74, 6) is 0. The maximum atomic E-state index is 6.34. The first-order chi connectivity index (χ1) is 10.2. The third-order valence-electron chi connectivity index (χ3n) is 4.29. The molecule has 2 aromatic carbocycles. The summed E-state index contributed by atoms with van der Waals surface area (Å²) in [6, 6.07) is 12.8. The summed E-state index contributed by atoms with van der Waals surface area (Å²) in [4.78, 5) is 0. The van der Waals surface area contributed by atoms with Gasteiger partial charge in [-0.2, -0.15) is 0 Å². The number of benzene rings is 2. The summed E-state index contributed by atoms with van der Waals surface area (Å²) < 4.78 is 0. The molecule has 21 heavy (non-hydrogen) atoms. The van der Waals surface area contributed by atoms with E-state index in [2.05, 4.69) is 23.5 Å². The zero-order chi connectivity index (χ0) is 14.8. The molecule has 0 heterocycles. The Balaban J connectivity index is 1.84. The average Bonchev–Trinajstić information content (AvgIpc) is 2.93. The van der Waals surface area contributed by atoms with Gasteiger partial charge in [-0.15, -0.1) is 0 Å². The summed E-state index contributed by atoms with van der Waals surface area (Å²) in [5, 5.41) is 4.77. The number of fused-ring (bicyclic) bond motifs is 1. The highest BCUT2D eigenvalue weighted by Crippen LogP contribution is 2.30. The van der Waals surface area contributed by atoms with Crippen molar-refractivity contribution >= 4 is 23.2 Å². The number of hydrogen-bond donors (Lipinski definition) is 1. The normalized spacial score (nSPS) is 15.0. The summed E-state index contributed by atoms with van der Waals surface area (Å²) in [6.07, 6.45) is 4.67. The summed E-state index contributed by atoms with van der Waals surface area (Å²) in [5.41, 5.74) is 5.50. The molecule has 0 saturated heterocycles. The van der Waals surface area contributed by atoms with Crippen LogP contribution >= 0.6 is 23.2 Å². The van der Waals surface area contributed by atoms with Crippen LogP contribution in [0.4, 0.5) is 0 Å². The Kier molecular flexibility index (Phi) is 4.54. The van der Waals surface area contributed by atoms with Gasteiger partial charge in [0.25, 0.3) is 0 Å². The molecule has 1 atom stereocenters. The highest BCUT2D eigenvalue weighted by atomic mass is 35.5. The van der Waals surface area contributed by atoms with Crippen molar-refractivity contribution in [2.75, 3.05) is 7.05 Å². The Morgan fingerprint density at radius 2 is 1.86 bits per heavy atom. The Morgan fingerprint density at radius 1 is 1.05 bits per heavy atom. The molecule has 0 amide bonds. The second-order valence-corrected chi connectivity index (χ2v) is 6.51. The van der Waals surface area contributed by atoms with E-state index in [1.807, 2.05) is 25.2 Å². The lowest BCUT2D eigenvalue weighted by Crippen LogP contribution is -2.19. The van der Waals surface area contributed by atoms with Crippen LogP contribution < -0.4 is 5.32 Å². The van der Waals surface area contributed by atoms with Crippen LogP contribution in [0.1, 0.15) is 34.7 Å². The molecule has 1 nitrogen and oxygen atoms in total. The molecule has 0 fully saturated rings. The molecular formula is C18H19Cl2N. The van der Waals surface area contributed by atoms with Gasteiger partial charge < -0.3 is 5.32 Å². The maximum Gasteiger partial charge on any atom is 0.0468 e. The first kappa shape index (κ1) is 14.9. The second-order valence-electron chi connectivity index (χ2n) is 5.67. The number of halogens is 2. The molecule has 2 aromatic rings. The third-order valence-corrected chi connectivity index (χ3v) is 4.85. The lowest BCUT2D eigenvalue weighted by Gasteiger charge is -2.19. The number of likely N-dealkylation sites (N-methyl/N-ethyl adjacent to an activating group) is 1. The zero-order valence-electron chi connectivity index (χ0n) is 12.1. The molecule has 0 spiro atoms. The van der Waals surface area contributed by atoms with E-state index in [1.165, 1.54) is 36.0 Å².